The van der Waals surface area contributed by atoms with E-state index >= 15 is 0 Å². The van der Waals surface area contributed by atoms with Crippen LogP contribution in [0.15, 0.2) is 71.9 Å². The van der Waals surface area contributed by atoms with Crippen LogP contribution in [0.25, 0.3) is 0 Å². The predicted molar refractivity (Wildman–Crippen MR) is 89.8 cm³/mol. The van der Waals surface area contributed by atoms with Crippen molar-refractivity contribution in [2.24, 2.45) is 0 Å². The van der Waals surface area contributed by atoms with Crippen LogP contribution in [-0.2, 0) is 16.6 Å². The zero-order valence-electron chi connectivity index (χ0n) is 12.7. The molecule has 1 N–H and O–H groups in total. The fourth-order valence-corrected chi connectivity index (χ4v) is 3.30. The second-order valence-electron chi connectivity index (χ2n) is 5.32. The topological polar surface area (TPSA) is 64.0 Å². The minimum absolute atomic E-state index is 0.251. The molecule has 0 spiro atoms. The van der Waals surface area contributed by atoms with Crippen molar-refractivity contribution in [2.45, 2.75) is 18.4 Å². The summed E-state index contributed by atoms with van der Waals surface area (Å²) in [6.45, 7) is 2.51. The lowest BCUT2D eigenvalue weighted by molar-refractivity contribution is 0.601. The van der Waals surface area contributed by atoms with Gasteiger partial charge >= 0.3 is 0 Å². The summed E-state index contributed by atoms with van der Waals surface area (Å²) in [5, 5.41) is 4.15. The summed E-state index contributed by atoms with van der Waals surface area (Å²) >= 11 is 0. The van der Waals surface area contributed by atoms with Gasteiger partial charge in [-0.2, -0.15) is 5.10 Å². The number of sulfonamides is 1. The summed E-state index contributed by atoms with van der Waals surface area (Å²) in [6, 6.07) is 15.9. The number of aryl methyl sites for hydroxylation is 1. The van der Waals surface area contributed by atoms with E-state index in [0.717, 1.165) is 11.1 Å². The lowest BCUT2D eigenvalue weighted by Gasteiger charge is -2.10. The second kappa shape index (κ2) is 6.26. The Morgan fingerprint density at radius 1 is 1.09 bits per heavy atom. The Hall–Kier alpha value is -2.60. The first kappa shape index (κ1) is 15.3. The first-order valence-electron chi connectivity index (χ1n) is 7.19. The van der Waals surface area contributed by atoms with E-state index in [9.17, 15) is 8.42 Å². The molecule has 6 heteroatoms. The molecule has 0 saturated carbocycles. The van der Waals surface area contributed by atoms with Gasteiger partial charge in [-0.15, -0.1) is 0 Å². The monoisotopic (exact) mass is 327 g/mol. The van der Waals surface area contributed by atoms with Crippen molar-refractivity contribution in [1.82, 2.24) is 9.78 Å². The average Bonchev–Trinajstić information content (AvgIpc) is 3.00. The van der Waals surface area contributed by atoms with Crippen LogP contribution in [0, 0.1) is 6.92 Å². The van der Waals surface area contributed by atoms with Crippen LogP contribution in [0.5, 0.6) is 0 Å². The maximum absolute atomic E-state index is 12.4. The van der Waals surface area contributed by atoms with Gasteiger partial charge < -0.3 is 0 Å². The minimum Gasteiger partial charge on any atom is -0.280 e. The van der Waals surface area contributed by atoms with Crippen molar-refractivity contribution in [3.8, 4) is 0 Å². The van der Waals surface area contributed by atoms with Gasteiger partial charge in [-0.3, -0.25) is 9.40 Å². The van der Waals surface area contributed by atoms with Gasteiger partial charge in [-0.1, -0.05) is 29.8 Å². The first-order chi connectivity index (χ1) is 11.0. The van der Waals surface area contributed by atoms with Gasteiger partial charge in [0.25, 0.3) is 10.0 Å². The maximum Gasteiger partial charge on any atom is 0.261 e. The van der Waals surface area contributed by atoms with Crippen molar-refractivity contribution in [2.75, 3.05) is 4.72 Å². The molecule has 0 aliphatic heterocycles. The van der Waals surface area contributed by atoms with Crippen LogP contribution in [0.3, 0.4) is 0 Å². The third-order valence-electron chi connectivity index (χ3n) is 3.41. The van der Waals surface area contributed by atoms with Gasteiger partial charge in [0.1, 0.15) is 0 Å². The molecule has 0 radical (unpaired) electrons. The molecule has 0 saturated heterocycles. The normalized spacial score (nSPS) is 11.3. The van der Waals surface area contributed by atoms with Gasteiger partial charge in [0, 0.05) is 18.1 Å². The fourth-order valence-electron chi connectivity index (χ4n) is 2.25. The summed E-state index contributed by atoms with van der Waals surface area (Å²) in [5.41, 5.74) is 2.53. The van der Waals surface area contributed by atoms with Crippen molar-refractivity contribution in [3.05, 3.63) is 78.1 Å². The number of anilines is 1. The fraction of sp³-hybridized carbons (Fsp3) is 0.118. The van der Waals surface area contributed by atoms with Crippen LogP contribution < -0.4 is 4.72 Å². The minimum atomic E-state index is -3.58. The van der Waals surface area contributed by atoms with Crippen LogP contribution in [0.1, 0.15) is 11.1 Å². The molecule has 2 aromatic carbocycles. The highest BCUT2D eigenvalue weighted by atomic mass is 32.2. The molecule has 23 heavy (non-hydrogen) atoms. The third-order valence-corrected chi connectivity index (χ3v) is 4.81. The molecule has 0 unspecified atom stereocenters. The Labute approximate surface area is 135 Å². The van der Waals surface area contributed by atoms with Crippen molar-refractivity contribution in [1.29, 1.82) is 0 Å². The molecule has 1 aromatic heterocycles. The van der Waals surface area contributed by atoms with Crippen LogP contribution in [0.4, 0.5) is 5.69 Å². The number of aromatic nitrogens is 2. The van der Waals surface area contributed by atoms with E-state index in [1.165, 1.54) is 0 Å². The molecule has 0 aliphatic carbocycles. The number of nitrogens with one attached hydrogen (secondary N) is 1. The van der Waals surface area contributed by atoms with Crippen molar-refractivity contribution in [3.63, 3.8) is 0 Å². The lowest BCUT2D eigenvalue weighted by Crippen LogP contribution is -2.13. The van der Waals surface area contributed by atoms with E-state index < -0.39 is 10.0 Å². The molecule has 0 aliphatic rings. The quantitative estimate of drug-likeness (QED) is 0.783. The summed E-state index contributed by atoms with van der Waals surface area (Å²) in [6.07, 6.45) is 3.58. The molecule has 3 rings (SSSR count). The summed E-state index contributed by atoms with van der Waals surface area (Å²) in [4.78, 5) is 0.251. The van der Waals surface area contributed by atoms with Gasteiger partial charge in [-0.25, -0.2) is 8.42 Å². The maximum atomic E-state index is 12.4. The summed E-state index contributed by atoms with van der Waals surface area (Å²) in [7, 11) is -3.58. The standard InChI is InChI=1S/C17H17N3O2S/c1-14-6-8-17(9-7-14)23(21,22)19-16-5-2-4-15(12-16)13-20-11-3-10-18-20/h2-12,19H,13H2,1H3. The zero-order chi connectivity index (χ0) is 16.3. The van der Waals surface area contributed by atoms with Gasteiger partial charge in [0.15, 0.2) is 0 Å². The SMILES string of the molecule is Cc1ccc(S(=O)(=O)Nc2cccc(Cn3cccn3)c2)cc1. The Bertz CT molecular complexity index is 886. The van der Waals surface area contributed by atoms with Crippen LogP contribution in [-0.4, -0.2) is 18.2 Å². The van der Waals surface area contributed by atoms with E-state index in [1.54, 1.807) is 41.2 Å². The third kappa shape index (κ3) is 3.78. The molecule has 0 atom stereocenters. The number of hydrogen-bond acceptors (Lipinski definition) is 3. The first-order valence-corrected chi connectivity index (χ1v) is 8.67. The van der Waals surface area contributed by atoms with Crippen LogP contribution in [0.2, 0.25) is 0 Å². The Kier molecular flexibility index (Phi) is 4.16. The number of hydrogen-bond donors (Lipinski definition) is 1. The highest BCUT2D eigenvalue weighted by Crippen LogP contribution is 2.18. The second-order valence-corrected chi connectivity index (χ2v) is 7.00. The van der Waals surface area contributed by atoms with Gasteiger partial charge in [0.05, 0.1) is 11.4 Å². The Balaban J connectivity index is 1.80. The highest BCUT2D eigenvalue weighted by molar-refractivity contribution is 7.92. The summed E-state index contributed by atoms with van der Waals surface area (Å²) in [5.74, 6) is 0. The van der Waals surface area contributed by atoms with Gasteiger partial charge in [-0.05, 0) is 42.8 Å². The molecule has 0 amide bonds. The highest BCUT2D eigenvalue weighted by Gasteiger charge is 2.13. The molecule has 0 fully saturated rings. The van der Waals surface area contributed by atoms with Crippen molar-refractivity contribution < 1.29 is 8.42 Å². The smallest absolute Gasteiger partial charge is 0.261 e. The number of benzene rings is 2. The molecule has 1 heterocycles. The molecular weight excluding hydrogens is 310 g/mol. The number of nitrogens with zero attached hydrogens (tertiary/aromatic N) is 2. The van der Waals surface area contributed by atoms with Gasteiger partial charge in [0.2, 0.25) is 0 Å². The summed E-state index contributed by atoms with van der Waals surface area (Å²) < 4.78 is 29.2. The van der Waals surface area contributed by atoms with Crippen LogP contribution >= 0.6 is 0 Å². The predicted octanol–water partition coefficient (Wildman–Crippen LogP) is 3.04. The molecule has 5 nitrogen and oxygen atoms in total. The average molecular weight is 327 g/mol. The van der Waals surface area contributed by atoms with Crippen molar-refractivity contribution >= 4 is 15.7 Å². The Morgan fingerprint density at radius 2 is 1.87 bits per heavy atom. The van der Waals surface area contributed by atoms with E-state index in [4.69, 9.17) is 0 Å². The molecule has 118 valence electrons. The molecular formula is C17H17N3O2S. The lowest BCUT2D eigenvalue weighted by atomic mass is 10.2. The molecule has 0 bridgehead atoms. The zero-order valence-corrected chi connectivity index (χ0v) is 13.5. The van der Waals surface area contributed by atoms with E-state index in [0.29, 0.717) is 12.2 Å². The van der Waals surface area contributed by atoms with E-state index in [1.807, 2.05) is 37.4 Å². The molecule has 3 aromatic rings. The van der Waals surface area contributed by atoms with E-state index in [-0.39, 0.29) is 4.90 Å². The largest absolute Gasteiger partial charge is 0.280 e. The Morgan fingerprint density at radius 3 is 2.57 bits per heavy atom. The number of rotatable bonds is 5. The van der Waals surface area contributed by atoms with E-state index in [2.05, 4.69) is 9.82 Å².